The van der Waals surface area contributed by atoms with Gasteiger partial charge in [0.2, 0.25) is 0 Å². The van der Waals surface area contributed by atoms with Gasteiger partial charge in [0, 0.05) is 44.2 Å². The highest BCUT2D eigenvalue weighted by molar-refractivity contribution is 6.03. The highest BCUT2D eigenvalue weighted by atomic mass is 16.1. The molecule has 0 saturated heterocycles. The van der Waals surface area contributed by atoms with Crippen LogP contribution in [0.5, 0.6) is 0 Å². The van der Waals surface area contributed by atoms with Crippen molar-refractivity contribution in [3.05, 3.63) is 65.0 Å². The summed E-state index contributed by atoms with van der Waals surface area (Å²) in [4.78, 5) is 18.6. The van der Waals surface area contributed by atoms with Crippen molar-refractivity contribution < 1.29 is 4.79 Å². The Morgan fingerprint density at radius 3 is 2.69 bits per heavy atom. The zero-order chi connectivity index (χ0) is 29.5. The van der Waals surface area contributed by atoms with E-state index in [2.05, 4.69) is 59.1 Å². The van der Waals surface area contributed by atoms with Crippen LogP contribution in [0.1, 0.15) is 98.9 Å². The normalized spacial score (nSPS) is 23.5. The minimum Gasteiger partial charge on any atom is -0.382 e. The predicted octanol–water partition coefficient (Wildman–Crippen LogP) is 5.45. The number of nitriles is 1. The summed E-state index contributed by atoms with van der Waals surface area (Å²) in [5.74, 6) is 0.991. The van der Waals surface area contributed by atoms with E-state index in [-0.39, 0.29) is 16.7 Å². The number of benzene rings is 1. The fraction of sp³-hybridized carbons (Fsp3) is 0.545. The van der Waals surface area contributed by atoms with E-state index in [0.717, 1.165) is 60.0 Å². The number of hydrogen-bond donors (Lipinski definition) is 3. The van der Waals surface area contributed by atoms with Gasteiger partial charge >= 0.3 is 0 Å². The first-order valence-electron chi connectivity index (χ1n) is 15.2. The Hall–Kier alpha value is -3.77. The largest absolute Gasteiger partial charge is 0.382 e. The zero-order valence-electron chi connectivity index (χ0n) is 25.3. The molecule has 42 heavy (non-hydrogen) atoms. The molecule has 0 radical (unpaired) electrons. The quantitative estimate of drug-likeness (QED) is 0.315. The van der Waals surface area contributed by atoms with Gasteiger partial charge in [-0.05, 0) is 66.3 Å². The van der Waals surface area contributed by atoms with Gasteiger partial charge in [-0.15, -0.1) is 10.2 Å². The first-order chi connectivity index (χ1) is 20.1. The first-order valence-corrected chi connectivity index (χ1v) is 15.2. The fourth-order valence-electron chi connectivity index (χ4n) is 7.39. The number of hydrogen-bond acceptors (Lipinski definition) is 7. The summed E-state index contributed by atoms with van der Waals surface area (Å²) in [7, 11) is 1.96. The lowest BCUT2D eigenvalue weighted by Crippen LogP contribution is -2.44. The molecule has 2 aliphatic carbocycles. The lowest BCUT2D eigenvalue weighted by atomic mass is 9.57. The Balaban J connectivity index is 1.25. The van der Waals surface area contributed by atoms with Gasteiger partial charge in [0.1, 0.15) is 17.8 Å². The van der Waals surface area contributed by atoms with Crippen molar-refractivity contribution in [2.45, 2.75) is 83.1 Å². The number of amides is 1. The molecule has 0 bridgehead atoms. The Labute approximate surface area is 248 Å². The minimum absolute atomic E-state index is 0.162. The summed E-state index contributed by atoms with van der Waals surface area (Å²) < 4.78 is 1.96. The molecule has 9 nitrogen and oxygen atoms in total. The van der Waals surface area contributed by atoms with Crippen LogP contribution in [0.3, 0.4) is 0 Å². The lowest BCUT2D eigenvalue weighted by Gasteiger charge is -2.46. The van der Waals surface area contributed by atoms with Crippen LogP contribution in [0.15, 0.2) is 36.7 Å². The van der Waals surface area contributed by atoms with E-state index in [1.807, 2.05) is 35.9 Å². The molecule has 3 aliphatic rings. The Morgan fingerprint density at radius 1 is 1.19 bits per heavy atom. The second-order valence-corrected chi connectivity index (χ2v) is 13.8. The molecule has 0 spiro atoms. The van der Waals surface area contributed by atoms with E-state index in [1.165, 1.54) is 25.7 Å². The lowest BCUT2D eigenvalue weighted by molar-refractivity contribution is 0.102. The molecule has 2 aromatic heterocycles. The van der Waals surface area contributed by atoms with Crippen LogP contribution in [0.2, 0.25) is 0 Å². The van der Waals surface area contributed by atoms with Gasteiger partial charge in [-0.2, -0.15) is 5.26 Å². The third-order valence-electron chi connectivity index (χ3n) is 9.83. The fourth-order valence-corrected chi connectivity index (χ4v) is 7.39. The summed E-state index contributed by atoms with van der Waals surface area (Å²) in [5, 5.41) is 28.2. The molecule has 0 unspecified atom stereocenters. The minimum atomic E-state index is -0.330. The molecule has 9 heteroatoms. The molecule has 2 saturated carbocycles. The van der Waals surface area contributed by atoms with E-state index in [0.29, 0.717) is 30.0 Å². The van der Waals surface area contributed by atoms with Gasteiger partial charge in [-0.1, -0.05) is 45.7 Å². The number of nitrogens with one attached hydrogen (secondary N) is 3. The van der Waals surface area contributed by atoms with Crippen LogP contribution >= 0.6 is 0 Å². The molecule has 3 aromatic rings. The van der Waals surface area contributed by atoms with Gasteiger partial charge in [-0.3, -0.25) is 4.79 Å². The molecule has 0 atom stereocenters. The summed E-state index contributed by atoms with van der Waals surface area (Å²) in [6.45, 7) is 9.19. The Kier molecular flexibility index (Phi) is 7.30. The number of rotatable bonds is 9. The maximum absolute atomic E-state index is 13.7. The second kappa shape index (κ2) is 10.8. The monoisotopic (exact) mass is 566 g/mol. The second-order valence-electron chi connectivity index (χ2n) is 13.8. The summed E-state index contributed by atoms with van der Waals surface area (Å²) in [5.41, 5.74) is 5.18. The van der Waals surface area contributed by atoms with Crippen molar-refractivity contribution in [1.29, 1.82) is 5.26 Å². The van der Waals surface area contributed by atoms with Crippen molar-refractivity contribution in [2.24, 2.45) is 18.4 Å². The molecule has 1 aliphatic heterocycles. The maximum atomic E-state index is 13.7. The zero-order valence-corrected chi connectivity index (χ0v) is 25.3. The summed E-state index contributed by atoms with van der Waals surface area (Å²) in [6, 6.07) is 12.3. The van der Waals surface area contributed by atoms with Gasteiger partial charge in [-0.25, -0.2) is 4.98 Å². The number of aryl methyl sites for hydroxylation is 1. The number of pyridine rings is 1. The van der Waals surface area contributed by atoms with Crippen LogP contribution in [-0.2, 0) is 24.4 Å². The van der Waals surface area contributed by atoms with Crippen LogP contribution in [0.25, 0.3) is 0 Å². The van der Waals surface area contributed by atoms with Crippen molar-refractivity contribution in [2.75, 3.05) is 23.7 Å². The van der Waals surface area contributed by atoms with E-state index >= 15 is 0 Å². The molecular formula is C33H42N8O. The van der Waals surface area contributed by atoms with Crippen LogP contribution < -0.4 is 16.0 Å². The smallest absolute Gasteiger partial charge is 0.274 e. The van der Waals surface area contributed by atoms with Gasteiger partial charge in [0.15, 0.2) is 0 Å². The average Bonchev–Trinajstić information content (AvgIpc) is 3.65. The number of nitrogens with zero attached hydrogens (tertiary/aromatic N) is 5. The number of aromatic nitrogens is 4. The van der Waals surface area contributed by atoms with Crippen molar-refractivity contribution in [3.63, 3.8) is 0 Å². The highest BCUT2D eigenvalue weighted by Gasteiger charge is 2.49. The van der Waals surface area contributed by atoms with E-state index in [4.69, 9.17) is 4.98 Å². The van der Waals surface area contributed by atoms with Crippen LogP contribution in [0, 0.1) is 22.7 Å². The van der Waals surface area contributed by atoms with Crippen LogP contribution in [-0.4, -0.2) is 38.7 Å². The first kappa shape index (κ1) is 28.4. The van der Waals surface area contributed by atoms with Crippen LogP contribution in [0.4, 0.5) is 11.4 Å². The summed E-state index contributed by atoms with van der Waals surface area (Å²) in [6.07, 6.45) is 9.06. The SMILES string of the molecule is Cn1cnnc1[C@]1(c2cccc(NC(=O)c3cc(CNCC4(C)CCCC4)c4c(n3)C(C)(C)CN4)c2)C[C@H](CC#N)C1. The van der Waals surface area contributed by atoms with Gasteiger partial charge in [0.25, 0.3) is 5.91 Å². The number of anilines is 2. The molecule has 1 amide bonds. The van der Waals surface area contributed by atoms with Gasteiger partial charge in [0.05, 0.1) is 22.9 Å². The summed E-state index contributed by atoms with van der Waals surface area (Å²) >= 11 is 0. The van der Waals surface area contributed by atoms with Crippen molar-refractivity contribution in [3.8, 4) is 6.07 Å². The number of carbonyl (C=O) groups is 1. The molecular weight excluding hydrogens is 524 g/mol. The van der Waals surface area contributed by atoms with Gasteiger partial charge < -0.3 is 20.5 Å². The third-order valence-corrected chi connectivity index (χ3v) is 9.83. The van der Waals surface area contributed by atoms with E-state index in [1.54, 1.807) is 6.33 Å². The van der Waals surface area contributed by atoms with E-state index in [9.17, 15) is 10.1 Å². The predicted molar refractivity (Wildman–Crippen MR) is 163 cm³/mol. The third kappa shape index (κ3) is 5.17. The van der Waals surface area contributed by atoms with E-state index < -0.39 is 0 Å². The van der Waals surface area contributed by atoms with Crippen molar-refractivity contribution >= 4 is 17.3 Å². The molecule has 2 fully saturated rings. The Bertz CT molecular complexity index is 1520. The molecule has 220 valence electrons. The molecule has 1 aromatic carbocycles. The topological polar surface area (TPSA) is 121 Å². The highest BCUT2D eigenvalue weighted by Crippen LogP contribution is 2.53. The molecule has 3 N–H and O–H groups in total. The molecule has 6 rings (SSSR count). The van der Waals surface area contributed by atoms with Crippen molar-refractivity contribution in [1.82, 2.24) is 25.1 Å². The Morgan fingerprint density at radius 2 is 1.98 bits per heavy atom. The molecule has 3 heterocycles. The number of carbonyl (C=O) groups excluding carboxylic acids is 1. The number of fused-ring (bicyclic) bond motifs is 1. The maximum Gasteiger partial charge on any atom is 0.274 e. The standard InChI is InChI=1S/C33H42N8O/c1-31(2)19-36-27-23(18-35-20-32(3)11-5-6-12-32)14-26(39-28(27)31)29(42)38-25-9-7-8-24(15-25)33(16-22(17-33)10-13-34)30-40-37-21-41(30)4/h7-9,14-15,21-22,35-36H,5-6,10-12,16-20H2,1-4H3,(H,38,42)/t22-,33+. The average molecular weight is 567 g/mol.